The number of aliphatic hydroxyl groups excluding tert-OH is 2. The van der Waals surface area contributed by atoms with E-state index >= 15 is 0 Å². The molecule has 0 heterocycles. The minimum absolute atomic E-state index is 0.103. The average Bonchev–Trinajstić information content (AvgIpc) is 2.50. The Balaban J connectivity index is 2.45. The fraction of sp³-hybridized carbons (Fsp3) is 0.267. The quantitative estimate of drug-likeness (QED) is 0.817. The SMILES string of the molecule is COC1=C(O)C(O)C(OC)(C(=O)c2ccccc2)C=C1. The lowest BCUT2D eigenvalue weighted by atomic mass is 9.83. The Hall–Kier alpha value is -2.11. The van der Waals surface area contributed by atoms with Gasteiger partial charge in [-0.25, -0.2) is 0 Å². The van der Waals surface area contributed by atoms with Crippen molar-refractivity contribution in [3.63, 3.8) is 0 Å². The number of carbonyl (C=O) groups excluding carboxylic acids is 1. The summed E-state index contributed by atoms with van der Waals surface area (Å²) in [6.07, 6.45) is 1.28. The second-order valence-electron chi connectivity index (χ2n) is 4.38. The molecule has 0 fully saturated rings. The van der Waals surface area contributed by atoms with Gasteiger partial charge in [0.2, 0.25) is 5.78 Å². The largest absolute Gasteiger partial charge is 0.506 e. The third-order valence-corrected chi connectivity index (χ3v) is 3.35. The number of methoxy groups -OCH3 is 2. The second-order valence-corrected chi connectivity index (χ2v) is 4.38. The minimum atomic E-state index is -1.66. The first-order chi connectivity index (χ1) is 9.56. The summed E-state index contributed by atoms with van der Waals surface area (Å²) in [6, 6.07) is 8.45. The van der Waals surface area contributed by atoms with Gasteiger partial charge in [0.15, 0.2) is 23.2 Å². The van der Waals surface area contributed by atoms with Gasteiger partial charge in [-0.3, -0.25) is 4.79 Å². The molecular weight excluding hydrogens is 260 g/mol. The molecule has 2 N–H and O–H groups in total. The maximum absolute atomic E-state index is 12.6. The van der Waals surface area contributed by atoms with Crippen LogP contribution < -0.4 is 0 Å². The number of Topliss-reactive ketones (excluding diaryl/α,β-unsaturated/α-hetero) is 1. The minimum Gasteiger partial charge on any atom is -0.506 e. The van der Waals surface area contributed by atoms with E-state index in [0.717, 1.165) is 0 Å². The standard InChI is InChI=1S/C15H16O5/c1-19-11-8-9-15(20-2,14(18)12(11)16)13(17)10-6-4-3-5-7-10/h3-9,14,16,18H,1-2H3. The normalized spacial score (nSPS) is 25.6. The number of carbonyl (C=O) groups is 1. The molecule has 0 aliphatic heterocycles. The molecule has 2 rings (SSSR count). The van der Waals surface area contributed by atoms with Crippen molar-refractivity contribution in [2.75, 3.05) is 14.2 Å². The molecule has 2 atom stereocenters. The zero-order valence-corrected chi connectivity index (χ0v) is 11.2. The molecule has 5 nitrogen and oxygen atoms in total. The van der Waals surface area contributed by atoms with Crippen LogP contribution in [0, 0.1) is 0 Å². The Morgan fingerprint density at radius 3 is 2.45 bits per heavy atom. The van der Waals surface area contributed by atoms with Crippen molar-refractivity contribution >= 4 is 5.78 Å². The van der Waals surface area contributed by atoms with E-state index in [-0.39, 0.29) is 5.76 Å². The summed E-state index contributed by atoms with van der Waals surface area (Å²) in [5.41, 5.74) is -1.28. The summed E-state index contributed by atoms with van der Waals surface area (Å²) in [6.45, 7) is 0. The highest BCUT2D eigenvalue weighted by Crippen LogP contribution is 2.32. The molecule has 0 aromatic heterocycles. The molecule has 1 aliphatic carbocycles. The third-order valence-electron chi connectivity index (χ3n) is 3.35. The lowest BCUT2D eigenvalue weighted by Crippen LogP contribution is -2.52. The van der Waals surface area contributed by atoms with Crippen LogP contribution in [-0.2, 0) is 9.47 Å². The van der Waals surface area contributed by atoms with E-state index in [1.807, 2.05) is 0 Å². The van der Waals surface area contributed by atoms with Gasteiger partial charge in [-0.05, 0) is 12.2 Å². The zero-order chi connectivity index (χ0) is 14.8. The van der Waals surface area contributed by atoms with E-state index in [9.17, 15) is 15.0 Å². The van der Waals surface area contributed by atoms with Crippen LogP contribution >= 0.6 is 0 Å². The van der Waals surface area contributed by atoms with Crippen molar-refractivity contribution in [1.82, 2.24) is 0 Å². The van der Waals surface area contributed by atoms with E-state index in [0.29, 0.717) is 5.56 Å². The van der Waals surface area contributed by atoms with E-state index in [2.05, 4.69) is 0 Å². The smallest absolute Gasteiger partial charge is 0.201 e. The van der Waals surface area contributed by atoms with Crippen LogP contribution in [0.2, 0.25) is 0 Å². The first-order valence-corrected chi connectivity index (χ1v) is 6.06. The zero-order valence-electron chi connectivity index (χ0n) is 11.2. The number of ether oxygens (including phenoxy) is 2. The van der Waals surface area contributed by atoms with Gasteiger partial charge in [0.05, 0.1) is 7.11 Å². The number of allylic oxidation sites excluding steroid dienone is 1. The van der Waals surface area contributed by atoms with Gasteiger partial charge in [0.1, 0.15) is 0 Å². The first kappa shape index (κ1) is 14.3. The fourth-order valence-electron chi connectivity index (χ4n) is 2.17. The van der Waals surface area contributed by atoms with Crippen LogP contribution in [0.1, 0.15) is 10.4 Å². The third kappa shape index (κ3) is 2.11. The molecule has 0 saturated carbocycles. The molecule has 0 spiro atoms. The summed E-state index contributed by atoms with van der Waals surface area (Å²) in [7, 11) is 2.67. The van der Waals surface area contributed by atoms with Crippen LogP contribution in [-0.4, -0.2) is 41.9 Å². The number of hydrogen-bond donors (Lipinski definition) is 2. The lowest BCUT2D eigenvalue weighted by molar-refractivity contribution is -0.0509. The summed E-state index contributed by atoms with van der Waals surface area (Å²) in [4.78, 5) is 12.6. The summed E-state index contributed by atoms with van der Waals surface area (Å²) < 4.78 is 10.1. The summed E-state index contributed by atoms with van der Waals surface area (Å²) >= 11 is 0. The predicted octanol–water partition coefficient (Wildman–Crippen LogP) is 1.60. The van der Waals surface area contributed by atoms with Crippen LogP contribution in [0.5, 0.6) is 0 Å². The molecule has 20 heavy (non-hydrogen) atoms. The van der Waals surface area contributed by atoms with Crippen molar-refractivity contribution < 1.29 is 24.5 Å². The van der Waals surface area contributed by atoms with Gasteiger partial charge in [0, 0.05) is 12.7 Å². The van der Waals surface area contributed by atoms with Gasteiger partial charge >= 0.3 is 0 Å². The molecular formula is C15H16O5. The molecule has 0 amide bonds. The van der Waals surface area contributed by atoms with Gasteiger partial charge in [0.25, 0.3) is 0 Å². The average molecular weight is 276 g/mol. The predicted molar refractivity (Wildman–Crippen MR) is 72.3 cm³/mol. The summed E-state index contributed by atoms with van der Waals surface area (Å²) in [5, 5.41) is 20.2. The van der Waals surface area contributed by atoms with Crippen LogP contribution in [0.15, 0.2) is 54.0 Å². The number of benzene rings is 1. The Morgan fingerprint density at radius 1 is 1.25 bits per heavy atom. The van der Waals surface area contributed by atoms with Crippen LogP contribution in [0.3, 0.4) is 0 Å². The van der Waals surface area contributed by atoms with Crippen molar-refractivity contribution in [2.24, 2.45) is 0 Å². The highest BCUT2D eigenvalue weighted by molar-refractivity contribution is 6.05. The molecule has 1 aromatic carbocycles. The Bertz CT molecular complexity index is 561. The van der Waals surface area contributed by atoms with Crippen molar-refractivity contribution in [2.45, 2.75) is 11.7 Å². The maximum atomic E-state index is 12.6. The van der Waals surface area contributed by atoms with Crippen molar-refractivity contribution in [1.29, 1.82) is 0 Å². The van der Waals surface area contributed by atoms with Gasteiger partial charge in [-0.1, -0.05) is 30.3 Å². The van der Waals surface area contributed by atoms with Gasteiger partial charge in [-0.15, -0.1) is 0 Å². The van der Waals surface area contributed by atoms with E-state index < -0.39 is 23.2 Å². The number of hydrogen-bond acceptors (Lipinski definition) is 5. The van der Waals surface area contributed by atoms with E-state index in [4.69, 9.17) is 9.47 Å². The van der Waals surface area contributed by atoms with Gasteiger partial charge < -0.3 is 19.7 Å². The number of ketones is 1. The molecule has 5 heteroatoms. The Kier molecular flexibility index (Phi) is 3.92. The Labute approximate surface area is 116 Å². The fourth-order valence-corrected chi connectivity index (χ4v) is 2.17. The highest BCUT2D eigenvalue weighted by Gasteiger charge is 2.48. The number of aliphatic hydroxyl groups is 2. The van der Waals surface area contributed by atoms with Crippen LogP contribution in [0.4, 0.5) is 0 Å². The van der Waals surface area contributed by atoms with E-state index in [1.54, 1.807) is 30.3 Å². The summed E-state index contributed by atoms with van der Waals surface area (Å²) in [5.74, 6) is -0.766. The molecule has 0 bridgehead atoms. The second kappa shape index (κ2) is 5.48. The Morgan fingerprint density at radius 2 is 1.90 bits per heavy atom. The van der Waals surface area contributed by atoms with Crippen LogP contribution in [0.25, 0.3) is 0 Å². The van der Waals surface area contributed by atoms with Gasteiger partial charge in [-0.2, -0.15) is 0 Å². The number of rotatable bonds is 4. The lowest BCUT2D eigenvalue weighted by Gasteiger charge is -2.34. The van der Waals surface area contributed by atoms with Crippen molar-refractivity contribution in [3.05, 3.63) is 59.6 Å². The topological polar surface area (TPSA) is 76.0 Å². The molecule has 1 aromatic rings. The van der Waals surface area contributed by atoms with Crippen molar-refractivity contribution in [3.8, 4) is 0 Å². The monoisotopic (exact) mass is 276 g/mol. The first-order valence-electron chi connectivity index (χ1n) is 6.06. The maximum Gasteiger partial charge on any atom is 0.201 e. The molecule has 0 radical (unpaired) electrons. The molecule has 106 valence electrons. The molecule has 0 saturated heterocycles. The highest BCUT2D eigenvalue weighted by atomic mass is 16.5. The molecule has 1 aliphatic rings. The van der Waals surface area contributed by atoms with E-state index in [1.165, 1.54) is 26.4 Å². The molecule has 2 unspecified atom stereocenters.